The summed E-state index contributed by atoms with van der Waals surface area (Å²) in [6.07, 6.45) is 0. The van der Waals surface area contributed by atoms with Crippen molar-refractivity contribution in [2.75, 3.05) is 12.4 Å². The van der Waals surface area contributed by atoms with E-state index in [4.69, 9.17) is 9.15 Å². The van der Waals surface area contributed by atoms with Gasteiger partial charge in [0.05, 0.1) is 13.0 Å². The second kappa shape index (κ2) is 6.88. The van der Waals surface area contributed by atoms with Crippen LogP contribution in [0.25, 0.3) is 10.8 Å². The van der Waals surface area contributed by atoms with Gasteiger partial charge in [-0.15, -0.1) is 5.10 Å². The molecule has 4 aromatic rings. The van der Waals surface area contributed by atoms with Gasteiger partial charge in [0.2, 0.25) is 5.89 Å². The summed E-state index contributed by atoms with van der Waals surface area (Å²) in [5, 5.41) is 13.7. The number of para-hydroxylation sites is 1. The number of hydrogen-bond donors (Lipinski definition) is 1. The van der Waals surface area contributed by atoms with Gasteiger partial charge in [-0.1, -0.05) is 47.6 Å². The molecule has 0 fully saturated rings. The van der Waals surface area contributed by atoms with E-state index < -0.39 is 0 Å². The first-order valence-electron chi connectivity index (χ1n) is 8.46. The maximum absolute atomic E-state index is 5.80. The third kappa shape index (κ3) is 3.24. The van der Waals surface area contributed by atoms with Crippen molar-refractivity contribution in [1.29, 1.82) is 0 Å². The molecular formula is C21H19N3O2. The molecule has 0 aliphatic heterocycles. The molecule has 130 valence electrons. The topological polar surface area (TPSA) is 60.2 Å². The van der Waals surface area contributed by atoms with Crippen molar-refractivity contribution in [2.45, 2.75) is 12.8 Å². The Labute approximate surface area is 151 Å². The highest BCUT2D eigenvalue weighted by Crippen LogP contribution is 2.29. The Morgan fingerprint density at radius 1 is 0.923 bits per heavy atom. The lowest BCUT2D eigenvalue weighted by Crippen LogP contribution is -1.96. The van der Waals surface area contributed by atoms with Gasteiger partial charge < -0.3 is 14.5 Å². The summed E-state index contributed by atoms with van der Waals surface area (Å²) < 4.78 is 11.1. The second-order valence-corrected chi connectivity index (χ2v) is 6.13. The molecule has 0 radical (unpaired) electrons. The maximum Gasteiger partial charge on any atom is 0.320 e. The number of nitrogens with zero attached hydrogens (tertiary/aromatic N) is 2. The molecule has 5 heteroatoms. The smallest absolute Gasteiger partial charge is 0.320 e. The average molecular weight is 345 g/mol. The van der Waals surface area contributed by atoms with Crippen molar-refractivity contribution >= 4 is 22.5 Å². The minimum atomic E-state index is 0.000301. The van der Waals surface area contributed by atoms with E-state index in [-0.39, 0.29) is 5.92 Å². The number of aromatic nitrogens is 2. The summed E-state index contributed by atoms with van der Waals surface area (Å²) in [6, 6.07) is 22.5. The summed E-state index contributed by atoms with van der Waals surface area (Å²) in [4.78, 5) is 0. The molecule has 1 N–H and O–H groups in total. The van der Waals surface area contributed by atoms with Crippen molar-refractivity contribution in [3.8, 4) is 5.75 Å². The Bertz CT molecular complexity index is 1030. The Hall–Kier alpha value is -3.34. The van der Waals surface area contributed by atoms with E-state index in [0.717, 1.165) is 27.8 Å². The van der Waals surface area contributed by atoms with Crippen molar-refractivity contribution < 1.29 is 9.15 Å². The normalized spacial score (nSPS) is 12.1. The van der Waals surface area contributed by atoms with Gasteiger partial charge in [0, 0.05) is 5.69 Å². The summed E-state index contributed by atoms with van der Waals surface area (Å²) >= 11 is 0. The fourth-order valence-electron chi connectivity index (χ4n) is 2.89. The van der Waals surface area contributed by atoms with Crippen LogP contribution < -0.4 is 10.1 Å². The van der Waals surface area contributed by atoms with Gasteiger partial charge in [0.25, 0.3) is 0 Å². The van der Waals surface area contributed by atoms with Gasteiger partial charge in [0.1, 0.15) is 5.75 Å². The van der Waals surface area contributed by atoms with E-state index in [9.17, 15) is 0 Å². The predicted octanol–water partition coefficient (Wildman–Crippen LogP) is 5.13. The molecule has 0 aliphatic carbocycles. The lowest BCUT2D eigenvalue weighted by atomic mass is 9.97. The second-order valence-electron chi connectivity index (χ2n) is 6.13. The fourth-order valence-corrected chi connectivity index (χ4v) is 2.89. The summed E-state index contributed by atoms with van der Waals surface area (Å²) in [6.45, 7) is 2.06. The van der Waals surface area contributed by atoms with Crippen molar-refractivity contribution in [1.82, 2.24) is 10.2 Å². The molecule has 1 unspecified atom stereocenters. The van der Waals surface area contributed by atoms with Crippen LogP contribution in [0.1, 0.15) is 24.3 Å². The number of nitrogens with one attached hydrogen (secondary N) is 1. The molecule has 4 rings (SSSR count). The minimum absolute atomic E-state index is 0.000301. The molecule has 1 heterocycles. The van der Waals surface area contributed by atoms with E-state index >= 15 is 0 Å². The Kier molecular flexibility index (Phi) is 4.27. The first kappa shape index (κ1) is 16.1. The van der Waals surface area contributed by atoms with Crippen LogP contribution in [0.15, 0.2) is 71.1 Å². The molecular weight excluding hydrogens is 326 g/mol. The lowest BCUT2D eigenvalue weighted by Gasteiger charge is -2.09. The zero-order valence-corrected chi connectivity index (χ0v) is 14.6. The van der Waals surface area contributed by atoms with Crippen molar-refractivity contribution in [3.05, 3.63) is 78.2 Å². The molecule has 1 aromatic heterocycles. The van der Waals surface area contributed by atoms with Gasteiger partial charge in [-0.05, 0) is 47.5 Å². The van der Waals surface area contributed by atoms with Gasteiger partial charge >= 0.3 is 6.01 Å². The average Bonchev–Trinajstić information content (AvgIpc) is 3.15. The highest BCUT2D eigenvalue weighted by molar-refractivity contribution is 5.84. The summed E-state index contributed by atoms with van der Waals surface area (Å²) in [5.74, 6) is 1.43. The standard InChI is InChI=1S/C21H19N3O2/c1-14(15-8-9-17-13-19(25-2)11-10-16(17)12-15)20-23-24-21(26-20)22-18-6-4-3-5-7-18/h3-14H,1-2H3,(H,22,24). The van der Waals surface area contributed by atoms with Crippen molar-refractivity contribution in [2.24, 2.45) is 0 Å². The van der Waals surface area contributed by atoms with Crippen LogP contribution in [-0.4, -0.2) is 17.3 Å². The Balaban J connectivity index is 1.57. The van der Waals surface area contributed by atoms with E-state index in [1.165, 1.54) is 0 Å². The zero-order valence-electron chi connectivity index (χ0n) is 14.6. The van der Waals surface area contributed by atoms with E-state index in [1.807, 2.05) is 42.5 Å². The molecule has 3 aromatic carbocycles. The predicted molar refractivity (Wildman–Crippen MR) is 102 cm³/mol. The Morgan fingerprint density at radius 2 is 1.69 bits per heavy atom. The quantitative estimate of drug-likeness (QED) is 0.543. The molecule has 0 saturated carbocycles. The highest BCUT2D eigenvalue weighted by Gasteiger charge is 2.16. The van der Waals surface area contributed by atoms with E-state index in [1.54, 1.807) is 7.11 Å². The third-order valence-corrected chi connectivity index (χ3v) is 4.41. The number of fused-ring (bicyclic) bond motifs is 1. The summed E-state index contributed by atoms with van der Waals surface area (Å²) in [7, 11) is 1.67. The van der Waals surface area contributed by atoms with Crippen LogP contribution in [0.2, 0.25) is 0 Å². The largest absolute Gasteiger partial charge is 0.497 e. The number of anilines is 2. The SMILES string of the molecule is COc1ccc2cc(C(C)c3nnc(Nc4ccccc4)o3)ccc2c1. The van der Waals surface area contributed by atoms with Crippen LogP contribution in [0.4, 0.5) is 11.7 Å². The van der Waals surface area contributed by atoms with Crippen molar-refractivity contribution in [3.63, 3.8) is 0 Å². The minimum Gasteiger partial charge on any atom is -0.497 e. The molecule has 1 atom stereocenters. The molecule has 0 saturated heterocycles. The van der Waals surface area contributed by atoms with Crippen LogP contribution in [0, 0.1) is 0 Å². The van der Waals surface area contributed by atoms with Gasteiger partial charge in [-0.3, -0.25) is 0 Å². The molecule has 5 nitrogen and oxygen atoms in total. The molecule has 26 heavy (non-hydrogen) atoms. The van der Waals surface area contributed by atoms with Crippen LogP contribution in [0.5, 0.6) is 5.75 Å². The number of methoxy groups -OCH3 is 1. The lowest BCUT2D eigenvalue weighted by molar-refractivity contribution is 0.415. The van der Waals surface area contributed by atoms with Gasteiger partial charge in [-0.2, -0.15) is 0 Å². The Morgan fingerprint density at radius 3 is 2.50 bits per heavy atom. The first-order chi connectivity index (χ1) is 12.7. The highest BCUT2D eigenvalue weighted by atomic mass is 16.5. The maximum atomic E-state index is 5.80. The number of ether oxygens (including phenoxy) is 1. The summed E-state index contributed by atoms with van der Waals surface area (Å²) in [5.41, 5.74) is 2.03. The van der Waals surface area contributed by atoms with Crippen LogP contribution >= 0.6 is 0 Å². The number of rotatable bonds is 5. The molecule has 0 amide bonds. The monoisotopic (exact) mass is 345 g/mol. The first-order valence-corrected chi connectivity index (χ1v) is 8.46. The fraction of sp³-hybridized carbons (Fsp3) is 0.143. The number of hydrogen-bond acceptors (Lipinski definition) is 5. The molecule has 0 aliphatic rings. The number of benzene rings is 3. The van der Waals surface area contributed by atoms with Gasteiger partial charge in [0.15, 0.2) is 0 Å². The van der Waals surface area contributed by atoms with Crippen LogP contribution in [-0.2, 0) is 0 Å². The molecule has 0 spiro atoms. The third-order valence-electron chi connectivity index (χ3n) is 4.41. The van der Waals surface area contributed by atoms with Gasteiger partial charge in [-0.25, -0.2) is 0 Å². The van der Waals surface area contributed by atoms with E-state index in [2.05, 4.69) is 46.7 Å². The molecule has 0 bridgehead atoms. The van der Waals surface area contributed by atoms with E-state index in [0.29, 0.717) is 11.9 Å². The zero-order chi connectivity index (χ0) is 17.9. The van der Waals surface area contributed by atoms with Crippen LogP contribution in [0.3, 0.4) is 0 Å².